The highest BCUT2D eigenvalue weighted by Crippen LogP contribution is 2.22. The number of benzene rings is 1. The van der Waals surface area contributed by atoms with Crippen LogP contribution in [0.15, 0.2) is 48.8 Å². The fourth-order valence-corrected chi connectivity index (χ4v) is 3.63. The number of morpholine rings is 1. The molecule has 7 nitrogen and oxygen atoms in total. The number of ether oxygens (including phenoxy) is 1. The molecule has 1 atom stereocenters. The Hall–Kier alpha value is -2.77. The van der Waals surface area contributed by atoms with Crippen LogP contribution in [0.25, 0.3) is 5.82 Å². The lowest BCUT2D eigenvalue weighted by molar-refractivity contribution is 0.0187. The number of aromatic nitrogens is 4. The zero-order valence-corrected chi connectivity index (χ0v) is 16.4. The molecule has 0 aliphatic carbocycles. The minimum absolute atomic E-state index is 0.254. The summed E-state index contributed by atoms with van der Waals surface area (Å²) < 4.78 is 7.36. The average Bonchev–Trinajstić information content (AvgIpc) is 3.08. The van der Waals surface area contributed by atoms with E-state index in [1.165, 1.54) is 5.56 Å². The molecule has 1 aliphatic rings. The lowest BCUT2D eigenvalue weighted by atomic mass is 10.0. The number of nitrogens with zero attached hydrogens (tertiary/aromatic N) is 5. The lowest BCUT2D eigenvalue weighted by Crippen LogP contribution is -2.41. The zero-order chi connectivity index (χ0) is 19.3. The molecule has 1 aromatic carbocycles. The first-order chi connectivity index (χ1) is 13.7. The maximum absolute atomic E-state index is 5.53. The summed E-state index contributed by atoms with van der Waals surface area (Å²) in [7, 11) is 0. The molecule has 28 heavy (non-hydrogen) atoms. The maximum atomic E-state index is 5.53. The molecule has 146 valence electrons. The molecular formula is C21H26N6O. The van der Waals surface area contributed by atoms with Gasteiger partial charge < -0.3 is 10.1 Å². The van der Waals surface area contributed by atoms with Crippen LogP contribution in [0.2, 0.25) is 0 Å². The summed E-state index contributed by atoms with van der Waals surface area (Å²) in [6.45, 7) is 8.15. The third kappa shape index (κ3) is 4.21. The summed E-state index contributed by atoms with van der Waals surface area (Å²) in [6, 6.07) is 12.9. The third-order valence-electron chi connectivity index (χ3n) is 5.00. The summed E-state index contributed by atoms with van der Waals surface area (Å²) >= 11 is 0. The Kier molecular flexibility index (Phi) is 5.64. The molecule has 7 heteroatoms. The summed E-state index contributed by atoms with van der Waals surface area (Å²) in [6.07, 6.45) is 3.50. The molecule has 1 saturated heterocycles. The van der Waals surface area contributed by atoms with Gasteiger partial charge in [-0.1, -0.05) is 30.3 Å². The van der Waals surface area contributed by atoms with Crippen LogP contribution < -0.4 is 5.32 Å². The van der Waals surface area contributed by atoms with Gasteiger partial charge >= 0.3 is 0 Å². The number of hydrogen-bond donors (Lipinski definition) is 1. The van der Waals surface area contributed by atoms with Gasteiger partial charge in [0.1, 0.15) is 5.82 Å². The molecule has 4 rings (SSSR count). The van der Waals surface area contributed by atoms with E-state index in [-0.39, 0.29) is 6.04 Å². The van der Waals surface area contributed by atoms with Gasteiger partial charge in [0.05, 0.1) is 37.3 Å². The van der Waals surface area contributed by atoms with Crippen molar-refractivity contribution < 1.29 is 4.74 Å². The largest absolute Gasteiger partial charge is 0.379 e. The van der Waals surface area contributed by atoms with E-state index in [1.807, 2.05) is 24.6 Å². The van der Waals surface area contributed by atoms with E-state index >= 15 is 0 Å². The molecule has 3 aromatic rings. The van der Waals surface area contributed by atoms with E-state index in [0.717, 1.165) is 55.9 Å². The van der Waals surface area contributed by atoms with E-state index in [4.69, 9.17) is 9.72 Å². The molecular weight excluding hydrogens is 352 g/mol. The normalized spacial score (nSPS) is 16.1. The highest BCUT2D eigenvalue weighted by Gasteiger charge is 2.22. The van der Waals surface area contributed by atoms with Gasteiger partial charge in [0.15, 0.2) is 5.82 Å². The van der Waals surface area contributed by atoms with Gasteiger partial charge in [-0.2, -0.15) is 5.10 Å². The van der Waals surface area contributed by atoms with Gasteiger partial charge in [0, 0.05) is 25.3 Å². The van der Waals surface area contributed by atoms with Crippen LogP contribution in [0, 0.1) is 13.8 Å². The standard InChI is InChI=1S/C21H26N6O/c1-16-12-17(2)27(25-16)21-15-22-14-20(24-21)23-13-19(18-6-4-3-5-7-18)26-8-10-28-11-9-26/h3-7,12,14-15,19H,8-11,13H2,1-2H3,(H,23,24). The first-order valence-corrected chi connectivity index (χ1v) is 9.67. The minimum Gasteiger partial charge on any atom is -0.379 e. The Morgan fingerprint density at radius 3 is 2.61 bits per heavy atom. The number of aryl methyl sites for hydroxylation is 2. The van der Waals surface area contributed by atoms with Crippen LogP contribution in [0.1, 0.15) is 23.0 Å². The van der Waals surface area contributed by atoms with Gasteiger partial charge in [0.25, 0.3) is 0 Å². The van der Waals surface area contributed by atoms with E-state index in [2.05, 4.69) is 50.6 Å². The maximum Gasteiger partial charge on any atom is 0.174 e. The Morgan fingerprint density at radius 1 is 1.11 bits per heavy atom. The predicted octanol–water partition coefficient (Wildman–Crippen LogP) is 2.76. The fourth-order valence-electron chi connectivity index (χ4n) is 3.63. The van der Waals surface area contributed by atoms with Crippen molar-refractivity contribution in [3.63, 3.8) is 0 Å². The number of nitrogens with one attached hydrogen (secondary N) is 1. The van der Waals surface area contributed by atoms with E-state index in [1.54, 1.807) is 12.4 Å². The molecule has 1 N–H and O–H groups in total. The third-order valence-corrected chi connectivity index (χ3v) is 5.00. The first kappa shape index (κ1) is 18.6. The number of anilines is 1. The second kappa shape index (κ2) is 8.50. The Morgan fingerprint density at radius 2 is 1.89 bits per heavy atom. The second-order valence-corrected chi connectivity index (χ2v) is 7.06. The Bertz CT molecular complexity index is 904. The summed E-state index contributed by atoms with van der Waals surface area (Å²) in [5.74, 6) is 1.47. The topological polar surface area (TPSA) is 68.1 Å². The van der Waals surface area contributed by atoms with Crippen molar-refractivity contribution in [2.45, 2.75) is 19.9 Å². The number of hydrogen-bond acceptors (Lipinski definition) is 6. The predicted molar refractivity (Wildman–Crippen MR) is 109 cm³/mol. The molecule has 1 fully saturated rings. The first-order valence-electron chi connectivity index (χ1n) is 9.67. The molecule has 3 heterocycles. The van der Waals surface area contributed by atoms with Gasteiger partial charge in [-0.05, 0) is 25.5 Å². The summed E-state index contributed by atoms with van der Waals surface area (Å²) in [5.41, 5.74) is 3.30. The molecule has 0 saturated carbocycles. The minimum atomic E-state index is 0.254. The van der Waals surface area contributed by atoms with Crippen molar-refractivity contribution in [1.82, 2.24) is 24.6 Å². The van der Waals surface area contributed by atoms with Crippen molar-refractivity contribution in [2.75, 3.05) is 38.2 Å². The van der Waals surface area contributed by atoms with Gasteiger partial charge in [-0.15, -0.1) is 0 Å². The zero-order valence-electron chi connectivity index (χ0n) is 16.4. The van der Waals surface area contributed by atoms with Crippen LogP contribution in [0.5, 0.6) is 0 Å². The molecule has 0 amide bonds. The smallest absolute Gasteiger partial charge is 0.174 e. The van der Waals surface area contributed by atoms with Crippen LogP contribution in [-0.2, 0) is 4.74 Å². The van der Waals surface area contributed by atoms with Crippen LogP contribution in [0.4, 0.5) is 5.82 Å². The van der Waals surface area contributed by atoms with E-state index in [0.29, 0.717) is 0 Å². The molecule has 1 unspecified atom stereocenters. The molecule has 0 bridgehead atoms. The second-order valence-electron chi connectivity index (χ2n) is 7.06. The van der Waals surface area contributed by atoms with E-state index < -0.39 is 0 Å². The summed E-state index contributed by atoms with van der Waals surface area (Å²) in [5, 5.41) is 7.98. The van der Waals surface area contributed by atoms with Crippen molar-refractivity contribution in [1.29, 1.82) is 0 Å². The molecule has 0 spiro atoms. The molecule has 1 aliphatic heterocycles. The monoisotopic (exact) mass is 378 g/mol. The Labute approximate surface area is 165 Å². The van der Waals surface area contributed by atoms with Crippen molar-refractivity contribution in [3.05, 3.63) is 65.7 Å². The van der Waals surface area contributed by atoms with Gasteiger partial charge in [-0.3, -0.25) is 9.88 Å². The van der Waals surface area contributed by atoms with Crippen LogP contribution >= 0.6 is 0 Å². The van der Waals surface area contributed by atoms with Crippen molar-refractivity contribution in [3.8, 4) is 5.82 Å². The van der Waals surface area contributed by atoms with Crippen molar-refractivity contribution in [2.24, 2.45) is 0 Å². The van der Waals surface area contributed by atoms with Gasteiger partial charge in [0.2, 0.25) is 0 Å². The average molecular weight is 378 g/mol. The molecule has 0 radical (unpaired) electrons. The van der Waals surface area contributed by atoms with Gasteiger partial charge in [-0.25, -0.2) is 9.67 Å². The lowest BCUT2D eigenvalue weighted by Gasteiger charge is -2.35. The Balaban J connectivity index is 1.52. The number of rotatable bonds is 6. The van der Waals surface area contributed by atoms with E-state index in [9.17, 15) is 0 Å². The highest BCUT2D eigenvalue weighted by molar-refractivity contribution is 5.37. The summed E-state index contributed by atoms with van der Waals surface area (Å²) in [4.78, 5) is 11.5. The molecule has 2 aromatic heterocycles. The highest BCUT2D eigenvalue weighted by atomic mass is 16.5. The SMILES string of the molecule is Cc1cc(C)n(-c2cncc(NCC(c3ccccc3)N3CCOCC3)n2)n1. The van der Waals surface area contributed by atoms with Crippen LogP contribution in [-0.4, -0.2) is 57.5 Å². The quantitative estimate of drug-likeness (QED) is 0.711. The fraction of sp³-hybridized carbons (Fsp3) is 0.381. The van der Waals surface area contributed by atoms with Crippen LogP contribution in [0.3, 0.4) is 0 Å². The van der Waals surface area contributed by atoms with Crippen molar-refractivity contribution >= 4 is 5.82 Å².